The van der Waals surface area contributed by atoms with Crippen LogP contribution in [0.25, 0.3) is 0 Å². The third-order valence-electron chi connectivity index (χ3n) is 6.40. The van der Waals surface area contributed by atoms with Gasteiger partial charge < -0.3 is 9.47 Å². The van der Waals surface area contributed by atoms with Crippen LogP contribution in [0.4, 0.5) is 4.39 Å². The molecule has 168 valence electrons. The van der Waals surface area contributed by atoms with Gasteiger partial charge in [-0.3, -0.25) is 4.90 Å². The Morgan fingerprint density at radius 2 is 1.59 bits per heavy atom. The van der Waals surface area contributed by atoms with Crippen molar-refractivity contribution in [3.63, 3.8) is 0 Å². The normalized spacial score (nSPS) is 16.5. The maximum absolute atomic E-state index is 14.5. The molecule has 32 heavy (non-hydrogen) atoms. The van der Waals surface area contributed by atoms with E-state index >= 15 is 0 Å². The van der Waals surface area contributed by atoms with E-state index in [9.17, 15) is 4.39 Å². The molecule has 0 radical (unpaired) electrons. The Balaban J connectivity index is 1.80. The van der Waals surface area contributed by atoms with E-state index in [0.29, 0.717) is 12.1 Å². The average Bonchev–Trinajstić information content (AvgIpc) is 2.79. The van der Waals surface area contributed by atoms with Gasteiger partial charge in [0.1, 0.15) is 5.82 Å². The lowest BCUT2D eigenvalue weighted by Gasteiger charge is -2.38. The number of rotatable bonds is 5. The molecule has 0 aromatic heterocycles. The number of methoxy groups -OCH3 is 2. The lowest BCUT2D eigenvalue weighted by molar-refractivity contribution is 0.201. The van der Waals surface area contributed by atoms with Gasteiger partial charge in [-0.1, -0.05) is 63.2 Å². The predicted molar refractivity (Wildman–Crippen MR) is 127 cm³/mol. The quantitative estimate of drug-likeness (QED) is 0.472. The molecule has 0 N–H and O–H groups in total. The second-order valence-corrected chi connectivity index (χ2v) is 9.49. The third-order valence-corrected chi connectivity index (χ3v) is 6.40. The molecule has 1 unspecified atom stereocenters. The van der Waals surface area contributed by atoms with Crippen LogP contribution in [0, 0.1) is 5.82 Å². The minimum absolute atomic E-state index is 0.00665. The first-order valence-corrected chi connectivity index (χ1v) is 11.1. The Morgan fingerprint density at radius 3 is 2.22 bits per heavy atom. The number of halogens is 1. The van der Waals surface area contributed by atoms with E-state index in [4.69, 9.17) is 9.47 Å². The summed E-state index contributed by atoms with van der Waals surface area (Å²) in [6.07, 6.45) is 0.876. The lowest BCUT2D eigenvalue weighted by atomic mass is 9.83. The molecule has 0 fully saturated rings. The van der Waals surface area contributed by atoms with Crippen LogP contribution in [0.5, 0.6) is 11.5 Å². The van der Waals surface area contributed by atoms with Crippen LogP contribution in [-0.2, 0) is 18.4 Å². The highest BCUT2D eigenvalue weighted by Crippen LogP contribution is 2.42. The number of fused-ring (bicyclic) bond motifs is 1. The summed E-state index contributed by atoms with van der Waals surface area (Å²) in [5, 5.41) is 0. The van der Waals surface area contributed by atoms with Crippen molar-refractivity contribution in [2.45, 2.75) is 45.2 Å². The predicted octanol–water partition coefficient (Wildman–Crippen LogP) is 6.29. The SMILES string of the molecule is COc1cc2c(cc1OC)C(c1ccc(C(C)(C)C)cc1)N(Cc1ccccc1F)CC2. The minimum Gasteiger partial charge on any atom is -0.493 e. The molecule has 3 aromatic rings. The highest BCUT2D eigenvalue weighted by molar-refractivity contribution is 5.52. The Kier molecular flexibility index (Phi) is 6.25. The van der Waals surface area contributed by atoms with Crippen molar-refractivity contribution >= 4 is 0 Å². The summed E-state index contributed by atoms with van der Waals surface area (Å²) < 4.78 is 25.7. The van der Waals surface area contributed by atoms with Gasteiger partial charge in [-0.15, -0.1) is 0 Å². The van der Waals surface area contributed by atoms with Gasteiger partial charge in [0.25, 0.3) is 0 Å². The van der Waals surface area contributed by atoms with Crippen molar-refractivity contribution in [3.8, 4) is 11.5 Å². The first kappa shape index (κ1) is 22.3. The van der Waals surface area contributed by atoms with E-state index < -0.39 is 0 Å². The monoisotopic (exact) mass is 433 g/mol. The van der Waals surface area contributed by atoms with Crippen LogP contribution in [-0.4, -0.2) is 25.7 Å². The zero-order chi connectivity index (χ0) is 22.9. The van der Waals surface area contributed by atoms with Gasteiger partial charge in [-0.25, -0.2) is 4.39 Å². The summed E-state index contributed by atoms with van der Waals surface area (Å²) in [5.74, 6) is 1.30. The first-order valence-electron chi connectivity index (χ1n) is 11.1. The molecule has 0 amide bonds. The molecular formula is C28H32FNO2. The summed E-state index contributed by atoms with van der Waals surface area (Å²) in [6, 6.07) is 20.1. The van der Waals surface area contributed by atoms with Crippen molar-refractivity contribution in [3.05, 3.63) is 94.3 Å². The number of ether oxygens (including phenoxy) is 2. The standard InChI is InChI=1S/C28H32FNO2/c1-28(2,3)22-12-10-19(11-13-22)27-23-17-26(32-5)25(31-4)16-20(23)14-15-30(27)18-21-8-6-7-9-24(21)29/h6-13,16-17,27H,14-15,18H2,1-5H3. The van der Waals surface area contributed by atoms with Gasteiger partial charge in [-0.05, 0) is 52.3 Å². The fourth-order valence-corrected chi connectivity index (χ4v) is 4.57. The molecule has 0 saturated carbocycles. The lowest BCUT2D eigenvalue weighted by Crippen LogP contribution is -2.36. The molecule has 1 atom stereocenters. The van der Waals surface area contributed by atoms with E-state index in [1.165, 1.54) is 28.3 Å². The average molecular weight is 434 g/mol. The zero-order valence-electron chi connectivity index (χ0n) is 19.6. The molecular weight excluding hydrogens is 401 g/mol. The van der Waals surface area contributed by atoms with Crippen molar-refractivity contribution < 1.29 is 13.9 Å². The summed E-state index contributed by atoms with van der Waals surface area (Å²) in [6.45, 7) is 8.05. The largest absolute Gasteiger partial charge is 0.493 e. The van der Waals surface area contributed by atoms with Crippen LogP contribution in [0.1, 0.15) is 54.6 Å². The summed E-state index contributed by atoms with van der Waals surface area (Å²) >= 11 is 0. The van der Waals surface area contributed by atoms with E-state index in [2.05, 4.69) is 62.1 Å². The molecule has 1 aliphatic rings. The second-order valence-electron chi connectivity index (χ2n) is 9.49. The van der Waals surface area contributed by atoms with Crippen molar-refractivity contribution in [1.82, 2.24) is 4.90 Å². The Morgan fingerprint density at radius 1 is 0.938 bits per heavy atom. The fourth-order valence-electron chi connectivity index (χ4n) is 4.57. The van der Waals surface area contributed by atoms with Crippen molar-refractivity contribution in [1.29, 1.82) is 0 Å². The van der Waals surface area contributed by atoms with E-state index in [-0.39, 0.29) is 17.3 Å². The van der Waals surface area contributed by atoms with Gasteiger partial charge in [0.15, 0.2) is 11.5 Å². The third kappa shape index (κ3) is 4.37. The summed E-state index contributed by atoms with van der Waals surface area (Å²) in [5.41, 5.74) is 5.73. The molecule has 4 rings (SSSR count). The van der Waals surface area contributed by atoms with Crippen molar-refractivity contribution in [2.24, 2.45) is 0 Å². The minimum atomic E-state index is -0.160. The van der Waals surface area contributed by atoms with Crippen LogP contribution in [0.2, 0.25) is 0 Å². The molecule has 0 saturated heterocycles. The van der Waals surface area contributed by atoms with Gasteiger partial charge in [0, 0.05) is 18.7 Å². The smallest absolute Gasteiger partial charge is 0.161 e. The second kappa shape index (κ2) is 8.95. The fraction of sp³-hybridized carbons (Fsp3) is 0.357. The maximum Gasteiger partial charge on any atom is 0.161 e. The Hall–Kier alpha value is -2.85. The molecule has 4 heteroatoms. The van der Waals surface area contributed by atoms with Gasteiger partial charge in [-0.2, -0.15) is 0 Å². The number of benzene rings is 3. The molecule has 1 heterocycles. The van der Waals surface area contributed by atoms with E-state index in [1.54, 1.807) is 20.3 Å². The molecule has 0 spiro atoms. The first-order chi connectivity index (χ1) is 15.3. The van der Waals surface area contributed by atoms with Crippen LogP contribution in [0.3, 0.4) is 0 Å². The number of hydrogen-bond acceptors (Lipinski definition) is 3. The van der Waals surface area contributed by atoms with Gasteiger partial charge >= 0.3 is 0 Å². The van der Waals surface area contributed by atoms with Gasteiger partial charge in [0.2, 0.25) is 0 Å². The number of hydrogen-bond donors (Lipinski definition) is 0. The van der Waals surface area contributed by atoms with Gasteiger partial charge in [0.05, 0.1) is 20.3 Å². The molecule has 0 aliphatic carbocycles. The number of nitrogens with zero attached hydrogens (tertiary/aromatic N) is 1. The van der Waals surface area contributed by atoms with E-state index in [0.717, 1.165) is 24.5 Å². The molecule has 1 aliphatic heterocycles. The highest BCUT2D eigenvalue weighted by Gasteiger charge is 2.31. The molecule has 3 nitrogen and oxygen atoms in total. The molecule has 3 aromatic carbocycles. The Bertz CT molecular complexity index is 1090. The highest BCUT2D eigenvalue weighted by atomic mass is 19.1. The van der Waals surface area contributed by atoms with Crippen molar-refractivity contribution in [2.75, 3.05) is 20.8 Å². The van der Waals surface area contributed by atoms with Crippen LogP contribution < -0.4 is 9.47 Å². The summed E-state index contributed by atoms with van der Waals surface area (Å²) in [7, 11) is 3.33. The Labute approximate surface area is 190 Å². The maximum atomic E-state index is 14.5. The van der Waals surface area contributed by atoms with Crippen LogP contribution in [0.15, 0.2) is 60.7 Å². The van der Waals surface area contributed by atoms with Crippen LogP contribution >= 0.6 is 0 Å². The summed E-state index contributed by atoms with van der Waals surface area (Å²) in [4.78, 5) is 2.36. The topological polar surface area (TPSA) is 21.7 Å². The van der Waals surface area contributed by atoms with E-state index in [1.807, 2.05) is 12.1 Å². The molecule has 0 bridgehead atoms. The zero-order valence-corrected chi connectivity index (χ0v) is 19.6.